The molecule has 9 heteroatoms. The molecular formula is C18H18N2O6S. The van der Waals surface area contributed by atoms with E-state index in [0.29, 0.717) is 24.4 Å². The van der Waals surface area contributed by atoms with Crippen molar-refractivity contribution in [1.29, 1.82) is 0 Å². The third kappa shape index (κ3) is 4.68. The molecule has 0 unspecified atom stereocenters. The number of carbonyl (C=O) groups excluding carboxylic acids is 3. The number of carboxylic acid groups (broad SMARTS) is 1. The zero-order valence-corrected chi connectivity index (χ0v) is 15.2. The number of benzene rings is 1. The number of carbonyl (C=O) groups is 4. The van der Waals surface area contributed by atoms with Crippen molar-refractivity contribution in [2.45, 2.75) is 12.8 Å². The van der Waals surface area contributed by atoms with Gasteiger partial charge in [-0.25, -0.2) is 4.79 Å². The number of aliphatic carboxylic acids is 1. The fourth-order valence-electron chi connectivity index (χ4n) is 2.83. The van der Waals surface area contributed by atoms with Gasteiger partial charge < -0.3 is 14.7 Å². The van der Waals surface area contributed by atoms with E-state index < -0.39 is 23.7 Å². The Balaban J connectivity index is 1.69. The summed E-state index contributed by atoms with van der Waals surface area (Å²) in [4.78, 5) is 50.3. The second kappa shape index (κ2) is 8.26. The lowest BCUT2D eigenvalue weighted by atomic mass is 10.2. The first kappa shape index (κ1) is 19.0. The SMILES string of the molecule is O=C(O)COc1cccc(/C=C2/SC(=O)N(CC(=O)N3CCCC3)C2=O)c1. The summed E-state index contributed by atoms with van der Waals surface area (Å²) in [6, 6.07) is 6.54. The zero-order chi connectivity index (χ0) is 19.4. The Bertz CT molecular complexity index is 816. The van der Waals surface area contributed by atoms with E-state index in [0.717, 1.165) is 29.5 Å². The molecule has 1 aromatic carbocycles. The molecule has 1 aromatic rings. The van der Waals surface area contributed by atoms with Crippen molar-refractivity contribution >= 4 is 40.9 Å². The fourth-order valence-corrected chi connectivity index (χ4v) is 3.67. The van der Waals surface area contributed by atoms with Crippen molar-refractivity contribution in [2.75, 3.05) is 26.2 Å². The Morgan fingerprint density at radius 1 is 1.22 bits per heavy atom. The number of ether oxygens (including phenoxy) is 1. The fraction of sp³-hybridized carbons (Fsp3) is 0.333. The topological polar surface area (TPSA) is 104 Å². The minimum absolute atomic E-state index is 0.213. The van der Waals surface area contributed by atoms with Gasteiger partial charge in [0.15, 0.2) is 6.61 Å². The molecule has 2 aliphatic heterocycles. The van der Waals surface area contributed by atoms with Crippen molar-refractivity contribution in [3.63, 3.8) is 0 Å². The largest absolute Gasteiger partial charge is 0.482 e. The van der Waals surface area contributed by atoms with Crippen molar-refractivity contribution in [3.8, 4) is 5.75 Å². The number of carboxylic acids is 1. The molecule has 2 fully saturated rings. The molecule has 8 nitrogen and oxygen atoms in total. The lowest BCUT2D eigenvalue weighted by Gasteiger charge is -2.18. The van der Waals surface area contributed by atoms with Crippen molar-refractivity contribution in [3.05, 3.63) is 34.7 Å². The van der Waals surface area contributed by atoms with Gasteiger partial charge in [0, 0.05) is 13.1 Å². The summed E-state index contributed by atoms with van der Waals surface area (Å²) in [5, 5.41) is 8.18. The van der Waals surface area contributed by atoms with Gasteiger partial charge in [-0.1, -0.05) is 12.1 Å². The number of rotatable bonds is 6. The molecule has 2 heterocycles. The molecule has 2 aliphatic rings. The van der Waals surface area contributed by atoms with E-state index in [2.05, 4.69) is 0 Å². The number of nitrogens with zero attached hydrogens (tertiary/aromatic N) is 2. The molecule has 1 N–H and O–H groups in total. The van der Waals surface area contributed by atoms with Crippen LogP contribution in [0.5, 0.6) is 5.75 Å². The normalized spacial score (nSPS) is 18.4. The predicted molar refractivity (Wildman–Crippen MR) is 98.1 cm³/mol. The summed E-state index contributed by atoms with van der Waals surface area (Å²) in [5.41, 5.74) is 0.592. The Kier molecular flexibility index (Phi) is 5.80. The predicted octanol–water partition coefficient (Wildman–Crippen LogP) is 1.81. The maximum absolute atomic E-state index is 12.5. The van der Waals surface area contributed by atoms with E-state index in [1.54, 1.807) is 29.2 Å². The zero-order valence-electron chi connectivity index (χ0n) is 14.4. The van der Waals surface area contributed by atoms with Crippen LogP contribution in [0.3, 0.4) is 0 Å². The molecule has 3 amide bonds. The second-order valence-electron chi connectivity index (χ2n) is 6.11. The average Bonchev–Trinajstić information content (AvgIpc) is 3.25. The van der Waals surface area contributed by atoms with Crippen LogP contribution in [0.1, 0.15) is 18.4 Å². The van der Waals surface area contributed by atoms with Crippen LogP contribution < -0.4 is 4.74 Å². The van der Waals surface area contributed by atoms with Gasteiger partial charge in [-0.2, -0.15) is 0 Å². The first-order chi connectivity index (χ1) is 12.9. The van der Waals surface area contributed by atoms with E-state index in [4.69, 9.17) is 9.84 Å². The van der Waals surface area contributed by atoms with Crippen LogP contribution in [0.2, 0.25) is 0 Å². The summed E-state index contributed by atoms with van der Waals surface area (Å²) >= 11 is 0.778. The van der Waals surface area contributed by atoms with Crippen LogP contribution in [-0.2, 0) is 14.4 Å². The summed E-state index contributed by atoms with van der Waals surface area (Å²) in [6.07, 6.45) is 3.40. The third-order valence-corrected chi connectivity index (χ3v) is 5.05. The van der Waals surface area contributed by atoms with Gasteiger partial charge in [0.05, 0.1) is 4.91 Å². The molecule has 0 spiro atoms. The lowest BCUT2D eigenvalue weighted by Crippen LogP contribution is -2.40. The maximum atomic E-state index is 12.5. The van der Waals surface area contributed by atoms with Crippen LogP contribution in [0, 0.1) is 0 Å². The molecule has 3 rings (SSSR count). The monoisotopic (exact) mass is 390 g/mol. The first-order valence-electron chi connectivity index (χ1n) is 8.42. The van der Waals surface area contributed by atoms with Gasteiger partial charge in [-0.3, -0.25) is 19.3 Å². The minimum Gasteiger partial charge on any atom is -0.482 e. The van der Waals surface area contributed by atoms with E-state index in [9.17, 15) is 19.2 Å². The van der Waals surface area contributed by atoms with Gasteiger partial charge in [0.1, 0.15) is 12.3 Å². The molecule has 0 saturated carbocycles. The van der Waals surface area contributed by atoms with Crippen LogP contribution in [0.25, 0.3) is 6.08 Å². The number of hydrogen-bond donors (Lipinski definition) is 1. The highest BCUT2D eigenvalue weighted by Crippen LogP contribution is 2.32. The highest BCUT2D eigenvalue weighted by Gasteiger charge is 2.37. The number of likely N-dealkylation sites (tertiary alicyclic amines) is 1. The summed E-state index contributed by atoms with van der Waals surface area (Å²) in [6.45, 7) is 0.602. The quantitative estimate of drug-likeness (QED) is 0.739. The van der Waals surface area contributed by atoms with Crippen LogP contribution in [0.4, 0.5) is 4.79 Å². The smallest absolute Gasteiger partial charge is 0.341 e. The summed E-state index contributed by atoms with van der Waals surface area (Å²) in [5.74, 6) is -1.48. The molecule has 2 saturated heterocycles. The van der Waals surface area contributed by atoms with Gasteiger partial charge in [0.25, 0.3) is 11.1 Å². The minimum atomic E-state index is -1.09. The molecular weight excluding hydrogens is 372 g/mol. The average molecular weight is 390 g/mol. The lowest BCUT2D eigenvalue weighted by molar-refractivity contribution is -0.139. The Morgan fingerprint density at radius 2 is 1.96 bits per heavy atom. The molecule has 27 heavy (non-hydrogen) atoms. The molecule has 0 bridgehead atoms. The van der Waals surface area contributed by atoms with Gasteiger partial charge in [-0.05, 0) is 48.4 Å². The van der Waals surface area contributed by atoms with Crippen LogP contribution >= 0.6 is 11.8 Å². The number of imide groups is 1. The third-order valence-electron chi connectivity index (χ3n) is 4.14. The standard InChI is InChI=1S/C18H18N2O6S/c21-15(19-6-1-2-7-19)10-20-17(24)14(27-18(20)25)9-12-4-3-5-13(8-12)26-11-16(22)23/h3-5,8-9H,1-2,6-7,10-11H2,(H,22,23)/b14-9+. The summed E-state index contributed by atoms with van der Waals surface area (Å²) < 4.78 is 5.10. The number of thioether (sulfide) groups is 1. The van der Waals surface area contributed by atoms with E-state index in [1.807, 2.05) is 0 Å². The highest BCUT2D eigenvalue weighted by atomic mass is 32.2. The molecule has 0 aromatic heterocycles. The Labute approximate surface area is 159 Å². The number of hydrogen-bond acceptors (Lipinski definition) is 6. The van der Waals surface area contributed by atoms with E-state index >= 15 is 0 Å². The van der Waals surface area contributed by atoms with Crippen LogP contribution in [0.15, 0.2) is 29.2 Å². The maximum Gasteiger partial charge on any atom is 0.341 e. The first-order valence-corrected chi connectivity index (χ1v) is 9.23. The Morgan fingerprint density at radius 3 is 2.67 bits per heavy atom. The Hall–Kier alpha value is -2.81. The van der Waals surface area contributed by atoms with Crippen molar-refractivity contribution < 1.29 is 29.0 Å². The van der Waals surface area contributed by atoms with E-state index in [1.165, 1.54) is 6.08 Å². The molecule has 142 valence electrons. The van der Waals surface area contributed by atoms with Crippen molar-refractivity contribution in [2.24, 2.45) is 0 Å². The molecule has 0 atom stereocenters. The second-order valence-corrected chi connectivity index (χ2v) is 7.10. The van der Waals surface area contributed by atoms with Gasteiger partial charge in [0.2, 0.25) is 5.91 Å². The van der Waals surface area contributed by atoms with Gasteiger partial charge >= 0.3 is 5.97 Å². The van der Waals surface area contributed by atoms with Gasteiger partial charge in [-0.15, -0.1) is 0 Å². The van der Waals surface area contributed by atoms with E-state index in [-0.39, 0.29) is 17.4 Å². The summed E-state index contributed by atoms with van der Waals surface area (Å²) in [7, 11) is 0. The molecule has 0 radical (unpaired) electrons. The van der Waals surface area contributed by atoms with Crippen molar-refractivity contribution in [1.82, 2.24) is 9.80 Å². The van der Waals surface area contributed by atoms with Crippen LogP contribution in [-0.4, -0.2) is 64.2 Å². The number of amides is 3. The highest BCUT2D eigenvalue weighted by molar-refractivity contribution is 8.18. The molecule has 0 aliphatic carbocycles.